The number of hydrogen-bond acceptors (Lipinski definition) is 3. The third kappa shape index (κ3) is 4.22. The van der Waals surface area contributed by atoms with Crippen LogP contribution in [-0.4, -0.2) is 20.1 Å². The van der Waals surface area contributed by atoms with E-state index in [0.717, 1.165) is 11.1 Å². The van der Waals surface area contributed by atoms with Crippen LogP contribution in [0.2, 0.25) is 0 Å². The molecular formula is C22H21NO3. The molecule has 4 nitrogen and oxygen atoms in total. The summed E-state index contributed by atoms with van der Waals surface area (Å²) in [7, 11) is 3.16. The van der Waals surface area contributed by atoms with Crippen molar-refractivity contribution in [3.05, 3.63) is 89.5 Å². The molecule has 3 aromatic carbocycles. The van der Waals surface area contributed by atoms with Gasteiger partial charge in [0.1, 0.15) is 11.5 Å². The van der Waals surface area contributed by atoms with E-state index in [4.69, 9.17) is 9.47 Å². The number of anilines is 1. The molecule has 0 spiro atoms. The van der Waals surface area contributed by atoms with Crippen LogP contribution in [0.3, 0.4) is 0 Å². The van der Waals surface area contributed by atoms with Gasteiger partial charge in [0.25, 0.3) is 5.91 Å². The Labute approximate surface area is 153 Å². The van der Waals surface area contributed by atoms with Crippen LogP contribution < -0.4 is 14.8 Å². The van der Waals surface area contributed by atoms with Crippen LogP contribution in [0.5, 0.6) is 11.5 Å². The van der Waals surface area contributed by atoms with E-state index < -0.39 is 0 Å². The molecular weight excluding hydrogens is 326 g/mol. The standard InChI is InChI=1S/C22H21NO3/c1-25-19-13-18(14-20(15-19)26-2)23-22(24)21-11-7-6-10-17(21)12-16-8-4-3-5-9-16/h3-11,13-15H,12H2,1-2H3,(H,23,24). The Hall–Kier alpha value is -3.27. The highest BCUT2D eigenvalue weighted by Crippen LogP contribution is 2.26. The first kappa shape index (κ1) is 17.5. The number of ether oxygens (including phenoxy) is 2. The molecule has 4 heteroatoms. The van der Waals surface area contributed by atoms with Crippen molar-refractivity contribution in [2.45, 2.75) is 6.42 Å². The van der Waals surface area contributed by atoms with E-state index in [0.29, 0.717) is 29.2 Å². The van der Waals surface area contributed by atoms with Crippen molar-refractivity contribution in [2.75, 3.05) is 19.5 Å². The van der Waals surface area contributed by atoms with Crippen LogP contribution in [-0.2, 0) is 6.42 Å². The smallest absolute Gasteiger partial charge is 0.255 e. The van der Waals surface area contributed by atoms with E-state index in [-0.39, 0.29) is 5.91 Å². The summed E-state index contributed by atoms with van der Waals surface area (Å²) in [6.07, 6.45) is 0.700. The fourth-order valence-electron chi connectivity index (χ4n) is 2.79. The van der Waals surface area contributed by atoms with Gasteiger partial charge in [-0.25, -0.2) is 0 Å². The molecule has 1 N–H and O–H groups in total. The predicted octanol–water partition coefficient (Wildman–Crippen LogP) is 4.55. The minimum atomic E-state index is -0.160. The highest BCUT2D eigenvalue weighted by molar-refractivity contribution is 6.05. The zero-order chi connectivity index (χ0) is 18.4. The third-order valence-electron chi connectivity index (χ3n) is 4.11. The second kappa shape index (κ2) is 8.21. The van der Waals surface area contributed by atoms with Crippen LogP contribution >= 0.6 is 0 Å². The molecule has 0 heterocycles. The van der Waals surface area contributed by atoms with Gasteiger partial charge in [-0.05, 0) is 23.6 Å². The van der Waals surface area contributed by atoms with Gasteiger partial charge in [-0.15, -0.1) is 0 Å². The summed E-state index contributed by atoms with van der Waals surface area (Å²) in [5, 5.41) is 2.93. The molecule has 0 unspecified atom stereocenters. The monoisotopic (exact) mass is 347 g/mol. The van der Waals surface area contributed by atoms with Crippen molar-refractivity contribution in [3.8, 4) is 11.5 Å². The van der Waals surface area contributed by atoms with Crippen molar-refractivity contribution < 1.29 is 14.3 Å². The number of methoxy groups -OCH3 is 2. The van der Waals surface area contributed by atoms with Crippen molar-refractivity contribution in [3.63, 3.8) is 0 Å². The summed E-state index contributed by atoms with van der Waals surface area (Å²) in [5.41, 5.74) is 3.42. The second-order valence-corrected chi connectivity index (χ2v) is 5.87. The van der Waals surface area contributed by atoms with Gasteiger partial charge in [0, 0.05) is 29.4 Å². The molecule has 0 saturated heterocycles. The molecule has 3 aromatic rings. The predicted molar refractivity (Wildman–Crippen MR) is 103 cm³/mol. The maximum atomic E-state index is 12.8. The lowest BCUT2D eigenvalue weighted by Gasteiger charge is -2.12. The van der Waals surface area contributed by atoms with Crippen LogP contribution in [0, 0.1) is 0 Å². The molecule has 0 bridgehead atoms. The zero-order valence-corrected chi connectivity index (χ0v) is 14.9. The van der Waals surface area contributed by atoms with E-state index >= 15 is 0 Å². The molecule has 0 aliphatic rings. The molecule has 132 valence electrons. The summed E-state index contributed by atoms with van der Waals surface area (Å²) in [6.45, 7) is 0. The molecule has 26 heavy (non-hydrogen) atoms. The lowest BCUT2D eigenvalue weighted by atomic mass is 9.99. The van der Waals surface area contributed by atoms with E-state index in [1.54, 1.807) is 32.4 Å². The fraction of sp³-hybridized carbons (Fsp3) is 0.136. The van der Waals surface area contributed by atoms with Gasteiger partial charge in [0.15, 0.2) is 0 Å². The van der Waals surface area contributed by atoms with Gasteiger partial charge in [0.2, 0.25) is 0 Å². The van der Waals surface area contributed by atoms with Crippen LogP contribution in [0.1, 0.15) is 21.5 Å². The highest BCUT2D eigenvalue weighted by atomic mass is 16.5. The topological polar surface area (TPSA) is 47.6 Å². The summed E-state index contributed by atoms with van der Waals surface area (Å²) in [5.74, 6) is 1.08. The fourth-order valence-corrected chi connectivity index (χ4v) is 2.79. The average Bonchev–Trinajstić information content (AvgIpc) is 2.68. The van der Waals surface area contributed by atoms with E-state index in [1.807, 2.05) is 42.5 Å². The van der Waals surface area contributed by atoms with E-state index in [2.05, 4.69) is 17.4 Å². The minimum Gasteiger partial charge on any atom is -0.497 e. The zero-order valence-electron chi connectivity index (χ0n) is 14.9. The Bertz CT molecular complexity index is 869. The summed E-state index contributed by atoms with van der Waals surface area (Å²) < 4.78 is 10.5. The Morgan fingerprint density at radius 1 is 0.846 bits per heavy atom. The number of carbonyl (C=O) groups is 1. The number of hydrogen-bond donors (Lipinski definition) is 1. The molecule has 0 saturated carbocycles. The van der Waals surface area contributed by atoms with Gasteiger partial charge >= 0.3 is 0 Å². The van der Waals surface area contributed by atoms with Crippen LogP contribution in [0.25, 0.3) is 0 Å². The number of rotatable bonds is 6. The first-order chi connectivity index (χ1) is 12.7. The lowest BCUT2D eigenvalue weighted by Crippen LogP contribution is -2.14. The third-order valence-corrected chi connectivity index (χ3v) is 4.11. The molecule has 0 aliphatic heterocycles. The first-order valence-electron chi connectivity index (χ1n) is 8.36. The van der Waals surface area contributed by atoms with E-state index in [1.165, 1.54) is 0 Å². The quantitative estimate of drug-likeness (QED) is 0.712. The molecule has 0 atom stereocenters. The van der Waals surface area contributed by atoms with Gasteiger partial charge < -0.3 is 14.8 Å². The molecule has 3 rings (SSSR count). The lowest BCUT2D eigenvalue weighted by molar-refractivity contribution is 0.102. The van der Waals surface area contributed by atoms with Crippen molar-refractivity contribution in [1.29, 1.82) is 0 Å². The normalized spacial score (nSPS) is 10.2. The van der Waals surface area contributed by atoms with E-state index in [9.17, 15) is 4.79 Å². The number of carbonyl (C=O) groups excluding carboxylic acids is 1. The number of nitrogens with one attached hydrogen (secondary N) is 1. The maximum absolute atomic E-state index is 12.8. The minimum absolute atomic E-state index is 0.160. The Kier molecular flexibility index (Phi) is 5.54. The largest absolute Gasteiger partial charge is 0.497 e. The molecule has 0 aliphatic carbocycles. The Balaban J connectivity index is 1.85. The Morgan fingerprint density at radius 2 is 1.46 bits per heavy atom. The second-order valence-electron chi connectivity index (χ2n) is 5.87. The van der Waals surface area contributed by atoms with Crippen molar-refractivity contribution in [1.82, 2.24) is 0 Å². The highest BCUT2D eigenvalue weighted by Gasteiger charge is 2.13. The summed E-state index contributed by atoms with van der Waals surface area (Å²) in [6, 6.07) is 23.0. The van der Waals surface area contributed by atoms with Gasteiger partial charge in [0.05, 0.1) is 14.2 Å². The van der Waals surface area contributed by atoms with Crippen molar-refractivity contribution in [2.24, 2.45) is 0 Å². The molecule has 1 amide bonds. The molecule has 0 aromatic heterocycles. The number of benzene rings is 3. The average molecular weight is 347 g/mol. The summed E-state index contributed by atoms with van der Waals surface area (Å²) >= 11 is 0. The van der Waals surface area contributed by atoms with Crippen LogP contribution in [0.4, 0.5) is 5.69 Å². The SMILES string of the molecule is COc1cc(NC(=O)c2ccccc2Cc2ccccc2)cc(OC)c1. The van der Waals surface area contributed by atoms with Gasteiger partial charge in [-0.1, -0.05) is 48.5 Å². The van der Waals surface area contributed by atoms with Crippen LogP contribution in [0.15, 0.2) is 72.8 Å². The number of amides is 1. The first-order valence-corrected chi connectivity index (χ1v) is 8.36. The molecule has 0 fully saturated rings. The van der Waals surface area contributed by atoms with Gasteiger partial charge in [-0.2, -0.15) is 0 Å². The maximum Gasteiger partial charge on any atom is 0.255 e. The van der Waals surface area contributed by atoms with Crippen molar-refractivity contribution >= 4 is 11.6 Å². The van der Waals surface area contributed by atoms with Gasteiger partial charge in [-0.3, -0.25) is 4.79 Å². The summed E-state index contributed by atoms with van der Waals surface area (Å²) in [4.78, 5) is 12.8. The molecule has 0 radical (unpaired) electrons. The Morgan fingerprint density at radius 3 is 2.12 bits per heavy atom.